The number of ether oxygens (including phenoxy) is 2. The normalized spacial score (nSPS) is 17.5. The third-order valence-corrected chi connectivity index (χ3v) is 6.45. The number of halogens is 1. The predicted octanol–water partition coefficient (Wildman–Crippen LogP) is 3.14. The van der Waals surface area contributed by atoms with Crippen LogP contribution in [0.3, 0.4) is 0 Å². The first-order chi connectivity index (χ1) is 16.0. The first-order valence-electron chi connectivity index (χ1n) is 10.2. The summed E-state index contributed by atoms with van der Waals surface area (Å²) >= 11 is 7.33. The van der Waals surface area contributed by atoms with E-state index in [2.05, 4.69) is 34.9 Å². The molecule has 174 valence electrons. The Balaban J connectivity index is 1.64. The first kappa shape index (κ1) is 23.2. The zero-order valence-corrected chi connectivity index (χ0v) is 19.8. The largest absolute Gasteiger partial charge is 0.492 e. The highest BCUT2D eigenvalue weighted by molar-refractivity contribution is 8.01. The minimum Gasteiger partial charge on any atom is -0.492 e. The van der Waals surface area contributed by atoms with Crippen molar-refractivity contribution in [2.75, 3.05) is 25.0 Å². The zero-order valence-electron chi connectivity index (χ0n) is 18.2. The molecule has 0 saturated heterocycles. The highest BCUT2D eigenvalue weighted by atomic mass is 35.5. The summed E-state index contributed by atoms with van der Waals surface area (Å²) in [5, 5.41) is 19.8. The van der Waals surface area contributed by atoms with Gasteiger partial charge in [-0.15, -0.1) is 10.2 Å². The number of hydrogen-bond acceptors (Lipinski definition) is 11. The zero-order chi connectivity index (χ0) is 23.4. The molecule has 0 aliphatic carbocycles. The van der Waals surface area contributed by atoms with E-state index in [1.165, 1.54) is 25.4 Å². The molecule has 2 N–H and O–H groups in total. The fraction of sp³-hybridized carbons (Fsp3) is 0.400. The van der Waals surface area contributed by atoms with Crippen LogP contribution in [-0.2, 0) is 4.74 Å². The van der Waals surface area contributed by atoms with E-state index in [1.807, 2.05) is 26.0 Å². The quantitative estimate of drug-likeness (QED) is 0.356. The Bertz CT molecular complexity index is 1130. The van der Waals surface area contributed by atoms with Crippen LogP contribution in [0.4, 0.5) is 5.95 Å². The van der Waals surface area contributed by atoms with Gasteiger partial charge in [0.15, 0.2) is 5.69 Å². The van der Waals surface area contributed by atoms with Gasteiger partial charge in [-0.2, -0.15) is 9.97 Å². The molecule has 0 amide bonds. The number of methoxy groups -OCH3 is 1. The lowest BCUT2D eigenvalue weighted by atomic mass is 10.1. The molecular formula is C20H23ClN8O3S. The fourth-order valence-electron chi connectivity index (χ4n) is 3.24. The Hall–Kier alpha value is -2.96. The lowest BCUT2D eigenvalue weighted by molar-refractivity contribution is 0.143. The Kier molecular flexibility index (Phi) is 7.26. The van der Waals surface area contributed by atoms with Crippen LogP contribution in [-0.4, -0.2) is 65.4 Å². The highest BCUT2D eigenvalue weighted by Gasteiger charge is 2.28. The van der Waals surface area contributed by atoms with Gasteiger partial charge in [-0.1, -0.05) is 37.6 Å². The van der Waals surface area contributed by atoms with E-state index in [-0.39, 0.29) is 34.5 Å². The van der Waals surface area contributed by atoms with Crippen LogP contribution in [0.2, 0.25) is 5.02 Å². The summed E-state index contributed by atoms with van der Waals surface area (Å²) < 4.78 is 15.9. The standard InChI is InChI=1S/C20H23ClN8O3S/c1-11(16-22-7-14(21)8-23-16)12(2)33-28-20-27-26-17(13-5-4-6-32-9-13)29(20)15-18(30)24-10-25-19(15)31-3/h4-5,7-8,10-13H,6,9H2,1-3H3,(H,27,28)(H,24,25,30). The topological polar surface area (TPSA) is 133 Å². The van der Waals surface area contributed by atoms with Crippen molar-refractivity contribution in [3.05, 3.63) is 47.5 Å². The molecule has 1 aliphatic rings. The van der Waals surface area contributed by atoms with Gasteiger partial charge in [0.25, 0.3) is 0 Å². The van der Waals surface area contributed by atoms with Gasteiger partial charge in [-0.25, -0.2) is 9.97 Å². The molecule has 0 bridgehead atoms. The summed E-state index contributed by atoms with van der Waals surface area (Å²) in [5.74, 6) is 1.40. The first-order valence-corrected chi connectivity index (χ1v) is 11.4. The van der Waals surface area contributed by atoms with E-state index in [1.54, 1.807) is 17.0 Å². The van der Waals surface area contributed by atoms with Gasteiger partial charge in [0.1, 0.15) is 18.0 Å². The lowest BCUT2D eigenvalue weighted by Gasteiger charge is -2.21. The van der Waals surface area contributed by atoms with Crippen molar-refractivity contribution >= 4 is 29.5 Å². The van der Waals surface area contributed by atoms with Crippen molar-refractivity contribution < 1.29 is 14.6 Å². The number of rotatable bonds is 8. The van der Waals surface area contributed by atoms with E-state index in [0.29, 0.717) is 35.8 Å². The van der Waals surface area contributed by atoms with Gasteiger partial charge in [0.2, 0.25) is 17.7 Å². The van der Waals surface area contributed by atoms with E-state index in [4.69, 9.17) is 21.1 Å². The molecule has 0 spiro atoms. The van der Waals surface area contributed by atoms with E-state index in [9.17, 15) is 5.11 Å². The van der Waals surface area contributed by atoms with Crippen molar-refractivity contribution in [3.8, 4) is 17.4 Å². The van der Waals surface area contributed by atoms with Gasteiger partial charge in [0.05, 0.1) is 31.3 Å². The maximum atomic E-state index is 10.6. The minimum absolute atomic E-state index is 0.0216. The van der Waals surface area contributed by atoms with Crippen LogP contribution in [0.5, 0.6) is 11.8 Å². The number of anilines is 1. The number of nitrogens with zero attached hydrogens (tertiary/aromatic N) is 7. The Morgan fingerprint density at radius 2 is 2.03 bits per heavy atom. The molecule has 33 heavy (non-hydrogen) atoms. The molecule has 0 radical (unpaired) electrons. The molecule has 3 atom stereocenters. The second kappa shape index (κ2) is 10.3. The molecule has 3 aromatic rings. The van der Waals surface area contributed by atoms with Crippen LogP contribution in [0.1, 0.15) is 37.3 Å². The molecule has 4 heterocycles. The molecule has 3 aromatic heterocycles. The van der Waals surface area contributed by atoms with E-state index >= 15 is 0 Å². The molecule has 4 rings (SSSR count). The lowest BCUT2D eigenvalue weighted by Crippen LogP contribution is -2.18. The van der Waals surface area contributed by atoms with Gasteiger partial charge in [-0.05, 0) is 11.9 Å². The maximum absolute atomic E-state index is 10.6. The predicted molar refractivity (Wildman–Crippen MR) is 124 cm³/mol. The molecule has 13 heteroatoms. The maximum Gasteiger partial charge on any atom is 0.245 e. The van der Waals surface area contributed by atoms with Crippen molar-refractivity contribution in [1.29, 1.82) is 0 Å². The van der Waals surface area contributed by atoms with E-state index < -0.39 is 0 Å². The smallest absolute Gasteiger partial charge is 0.245 e. The SMILES string of the molecule is COc1ncnc(O)c1-n1c(NSC(C)C(C)c2ncc(Cl)cn2)nnc1C1C=CCOC1. The number of hydrogen-bond donors (Lipinski definition) is 2. The second-order valence-electron chi connectivity index (χ2n) is 7.32. The van der Waals surface area contributed by atoms with Crippen molar-refractivity contribution in [2.45, 2.75) is 30.9 Å². The van der Waals surface area contributed by atoms with Gasteiger partial charge in [-0.3, -0.25) is 9.29 Å². The molecule has 3 unspecified atom stereocenters. The average Bonchev–Trinajstić information content (AvgIpc) is 3.26. The molecular weight excluding hydrogens is 468 g/mol. The summed E-state index contributed by atoms with van der Waals surface area (Å²) in [7, 11) is 1.47. The van der Waals surface area contributed by atoms with Crippen LogP contribution in [0.25, 0.3) is 5.69 Å². The summed E-state index contributed by atoms with van der Waals surface area (Å²) in [6.07, 6.45) is 8.31. The van der Waals surface area contributed by atoms with Crippen molar-refractivity contribution in [3.63, 3.8) is 0 Å². The number of aromatic nitrogens is 7. The summed E-state index contributed by atoms with van der Waals surface area (Å²) in [6.45, 7) is 5.04. The van der Waals surface area contributed by atoms with Crippen LogP contribution in [0, 0.1) is 0 Å². The summed E-state index contributed by atoms with van der Waals surface area (Å²) in [6, 6.07) is 0. The third-order valence-electron chi connectivity index (χ3n) is 5.17. The summed E-state index contributed by atoms with van der Waals surface area (Å²) in [4.78, 5) is 16.7. The van der Waals surface area contributed by atoms with Gasteiger partial charge >= 0.3 is 0 Å². The fourth-order valence-corrected chi connectivity index (χ4v) is 4.08. The van der Waals surface area contributed by atoms with E-state index in [0.717, 1.165) is 0 Å². The Labute approximate surface area is 199 Å². The minimum atomic E-state index is -0.257. The average molecular weight is 491 g/mol. The van der Waals surface area contributed by atoms with Crippen LogP contribution in [0.15, 0.2) is 30.9 Å². The second-order valence-corrected chi connectivity index (χ2v) is 8.94. The molecule has 0 aromatic carbocycles. The highest BCUT2D eigenvalue weighted by Crippen LogP contribution is 2.35. The number of aromatic hydroxyl groups is 1. The molecule has 0 saturated carbocycles. The van der Waals surface area contributed by atoms with Crippen molar-refractivity contribution in [1.82, 2.24) is 34.7 Å². The number of nitrogens with one attached hydrogen (secondary N) is 1. The Morgan fingerprint density at radius 3 is 2.73 bits per heavy atom. The third kappa shape index (κ3) is 5.02. The van der Waals surface area contributed by atoms with Gasteiger partial charge < -0.3 is 14.6 Å². The Morgan fingerprint density at radius 1 is 1.24 bits per heavy atom. The monoisotopic (exact) mass is 490 g/mol. The van der Waals surface area contributed by atoms with Gasteiger partial charge in [0, 0.05) is 23.6 Å². The van der Waals surface area contributed by atoms with Crippen LogP contribution >= 0.6 is 23.5 Å². The van der Waals surface area contributed by atoms with Crippen molar-refractivity contribution in [2.24, 2.45) is 0 Å². The van der Waals surface area contributed by atoms with Crippen LogP contribution < -0.4 is 9.46 Å². The summed E-state index contributed by atoms with van der Waals surface area (Å²) in [5.41, 5.74) is 0.240. The molecule has 1 aliphatic heterocycles. The molecule has 0 fully saturated rings. The molecule has 11 nitrogen and oxygen atoms in total.